The highest BCUT2D eigenvalue weighted by atomic mass is 35.5. The second-order valence-corrected chi connectivity index (χ2v) is 5.28. The summed E-state index contributed by atoms with van der Waals surface area (Å²) in [6.07, 6.45) is -9.42. The lowest BCUT2D eigenvalue weighted by molar-refractivity contribution is -0.275. The second kappa shape index (κ2) is 8.45. The van der Waals surface area contributed by atoms with Gasteiger partial charge in [-0.3, -0.25) is 0 Å². The molecule has 0 aliphatic carbocycles. The molecule has 2 rings (SSSR count). The Bertz CT molecular complexity index is 713. The van der Waals surface area contributed by atoms with E-state index in [0.29, 0.717) is 5.69 Å². The fourth-order valence-corrected chi connectivity index (χ4v) is 1.89. The summed E-state index contributed by atoms with van der Waals surface area (Å²) in [5.74, 6) is -0.765. The van der Waals surface area contributed by atoms with Gasteiger partial charge in [-0.25, -0.2) is 0 Å². The van der Waals surface area contributed by atoms with Crippen LogP contribution in [0.25, 0.3) is 0 Å². The zero-order valence-corrected chi connectivity index (χ0v) is 14.0. The third kappa shape index (κ3) is 8.26. The van der Waals surface area contributed by atoms with Gasteiger partial charge in [0.2, 0.25) is 0 Å². The molecule has 0 spiro atoms. The predicted molar refractivity (Wildman–Crippen MR) is 85.1 cm³/mol. The third-order valence-corrected chi connectivity index (χ3v) is 3.03. The fourth-order valence-electron chi connectivity index (χ4n) is 1.42. The van der Waals surface area contributed by atoms with E-state index in [1.54, 1.807) is 0 Å². The van der Waals surface area contributed by atoms with E-state index in [1.807, 2.05) is 0 Å². The zero-order chi connectivity index (χ0) is 20.1. The molecule has 0 bridgehead atoms. The average Bonchev–Trinajstić information content (AvgIpc) is 2.45. The Hall–Kier alpha value is -2.20. The van der Waals surface area contributed by atoms with E-state index in [4.69, 9.17) is 34.7 Å². The summed E-state index contributed by atoms with van der Waals surface area (Å²) in [4.78, 5) is 0. The molecule has 4 nitrogen and oxygen atoms in total. The lowest BCUT2D eigenvalue weighted by atomic mass is 10.3. The van der Waals surface area contributed by atoms with E-state index in [9.17, 15) is 26.3 Å². The standard InChI is InChI=1S/C7H4Cl2F3NO.C7H6F3NO/c8-4-1-3(14-7(10,11)12)2-5(9)6(4)13;8-7(9,10)12-6-3-1-5(11)2-4-6/h1-2H,13H2;1-4H,11H2. The van der Waals surface area contributed by atoms with E-state index >= 15 is 0 Å². The number of rotatable bonds is 2. The number of benzene rings is 2. The van der Waals surface area contributed by atoms with Gasteiger partial charge in [-0.2, -0.15) is 0 Å². The van der Waals surface area contributed by atoms with Crippen LogP contribution in [0.1, 0.15) is 0 Å². The minimum absolute atomic E-state index is 0.0165. The molecule has 0 unspecified atom stereocenters. The lowest BCUT2D eigenvalue weighted by Gasteiger charge is -2.10. The number of alkyl halides is 6. The van der Waals surface area contributed by atoms with E-state index in [1.165, 1.54) is 12.1 Å². The maximum Gasteiger partial charge on any atom is 0.573 e. The van der Waals surface area contributed by atoms with Crippen LogP contribution >= 0.6 is 23.2 Å². The molecule has 2 aromatic carbocycles. The molecule has 0 aliphatic rings. The average molecular weight is 423 g/mol. The normalized spacial score (nSPS) is 11.4. The molecule has 0 fully saturated rings. The highest BCUT2D eigenvalue weighted by molar-refractivity contribution is 6.39. The van der Waals surface area contributed by atoms with Crippen LogP contribution in [-0.4, -0.2) is 12.7 Å². The molecule has 0 radical (unpaired) electrons. The molecule has 4 N–H and O–H groups in total. The number of ether oxygens (including phenoxy) is 2. The van der Waals surface area contributed by atoms with E-state index < -0.39 is 18.5 Å². The molecule has 0 amide bonds. The van der Waals surface area contributed by atoms with Crippen molar-refractivity contribution in [2.45, 2.75) is 12.7 Å². The van der Waals surface area contributed by atoms with Crippen molar-refractivity contribution in [3.05, 3.63) is 46.4 Å². The van der Waals surface area contributed by atoms with E-state index in [2.05, 4.69) is 9.47 Å². The summed E-state index contributed by atoms with van der Waals surface area (Å²) >= 11 is 11.0. The van der Waals surface area contributed by atoms with Gasteiger partial charge in [-0.05, 0) is 24.3 Å². The molecular formula is C14H10Cl2F6N2O2. The first kappa shape index (κ1) is 21.8. The lowest BCUT2D eigenvalue weighted by Crippen LogP contribution is -2.17. The summed E-state index contributed by atoms with van der Waals surface area (Å²) in [5.41, 5.74) is 11.0. The van der Waals surface area contributed by atoms with Crippen LogP contribution in [0.2, 0.25) is 10.0 Å². The Morgan fingerprint density at radius 1 is 0.692 bits per heavy atom. The van der Waals surface area contributed by atoms with Crippen molar-refractivity contribution in [1.82, 2.24) is 0 Å². The predicted octanol–water partition coefficient (Wildman–Crippen LogP) is 5.64. The molecule has 144 valence electrons. The Balaban J connectivity index is 0.000000263. The molecule has 26 heavy (non-hydrogen) atoms. The van der Waals surface area contributed by atoms with Crippen molar-refractivity contribution in [1.29, 1.82) is 0 Å². The number of nitrogen functional groups attached to an aromatic ring is 2. The monoisotopic (exact) mass is 422 g/mol. The van der Waals surface area contributed by atoms with Crippen LogP contribution in [-0.2, 0) is 0 Å². The number of nitrogens with two attached hydrogens (primary N) is 2. The highest BCUT2D eigenvalue weighted by Crippen LogP contribution is 2.34. The van der Waals surface area contributed by atoms with Crippen LogP contribution in [0.4, 0.5) is 37.7 Å². The minimum atomic E-state index is -4.78. The van der Waals surface area contributed by atoms with Gasteiger partial charge in [0.05, 0.1) is 15.7 Å². The number of hydrogen-bond donors (Lipinski definition) is 2. The van der Waals surface area contributed by atoms with Crippen molar-refractivity contribution in [3.8, 4) is 11.5 Å². The van der Waals surface area contributed by atoms with Crippen molar-refractivity contribution in [2.75, 3.05) is 11.5 Å². The van der Waals surface area contributed by atoms with Gasteiger partial charge in [-0.1, -0.05) is 23.2 Å². The first-order valence-corrected chi connectivity index (χ1v) is 7.14. The first-order chi connectivity index (χ1) is 11.8. The molecule has 0 aliphatic heterocycles. The van der Waals surface area contributed by atoms with E-state index in [0.717, 1.165) is 24.3 Å². The molecule has 2 aromatic rings. The van der Waals surface area contributed by atoms with Crippen molar-refractivity contribution in [2.24, 2.45) is 0 Å². The molecule has 0 aromatic heterocycles. The number of halogens is 8. The van der Waals surface area contributed by atoms with Crippen LogP contribution in [0.5, 0.6) is 11.5 Å². The minimum Gasteiger partial charge on any atom is -0.406 e. The maximum atomic E-state index is 11.8. The molecule has 0 saturated heterocycles. The summed E-state index contributed by atoms with van der Waals surface area (Å²) in [7, 11) is 0. The fraction of sp³-hybridized carbons (Fsp3) is 0.143. The molecule has 0 atom stereocenters. The summed E-state index contributed by atoms with van der Waals surface area (Å²) in [6.45, 7) is 0. The Labute approximate surface area is 153 Å². The topological polar surface area (TPSA) is 70.5 Å². The molecule has 0 saturated carbocycles. The Kier molecular flexibility index (Phi) is 7.10. The van der Waals surface area contributed by atoms with Crippen LogP contribution in [0, 0.1) is 0 Å². The molecule has 12 heteroatoms. The van der Waals surface area contributed by atoms with Gasteiger partial charge >= 0.3 is 12.7 Å². The quantitative estimate of drug-likeness (QED) is 0.485. The van der Waals surface area contributed by atoms with Gasteiger partial charge in [0.15, 0.2) is 0 Å². The molecular weight excluding hydrogens is 413 g/mol. The van der Waals surface area contributed by atoms with Crippen LogP contribution in [0.15, 0.2) is 36.4 Å². The van der Waals surface area contributed by atoms with Crippen molar-refractivity contribution in [3.63, 3.8) is 0 Å². The Morgan fingerprint density at radius 2 is 1.08 bits per heavy atom. The smallest absolute Gasteiger partial charge is 0.406 e. The van der Waals surface area contributed by atoms with Crippen LogP contribution < -0.4 is 20.9 Å². The SMILES string of the molecule is Nc1c(Cl)cc(OC(F)(F)F)cc1Cl.Nc1ccc(OC(F)(F)F)cc1. The largest absolute Gasteiger partial charge is 0.573 e. The van der Waals surface area contributed by atoms with Gasteiger partial charge in [0.1, 0.15) is 11.5 Å². The first-order valence-electron chi connectivity index (χ1n) is 6.38. The highest BCUT2D eigenvalue weighted by Gasteiger charge is 2.32. The van der Waals surface area contributed by atoms with E-state index in [-0.39, 0.29) is 21.5 Å². The van der Waals surface area contributed by atoms with Crippen molar-refractivity contribution >= 4 is 34.6 Å². The maximum absolute atomic E-state index is 11.8. The summed E-state index contributed by atoms with van der Waals surface area (Å²) in [5, 5.41) is -0.173. The van der Waals surface area contributed by atoms with Crippen LogP contribution in [0.3, 0.4) is 0 Å². The molecule has 0 heterocycles. The van der Waals surface area contributed by atoms with Gasteiger partial charge in [0.25, 0.3) is 0 Å². The third-order valence-electron chi connectivity index (χ3n) is 2.40. The zero-order valence-electron chi connectivity index (χ0n) is 12.5. The second-order valence-electron chi connectivity index (χ2n) is 4.47. The number of anilines is 2. The van der Waals surface area contributed by atoms with Crippen molar-refractivity contribution < 1.29 is 35.8 Å². The number of hydrogen-bond acceptors (Lipinski definition) is 4. The van der Waals surface area contributed by atoms with Gasteiger partial charge in [0, 0.05) is 17.8 Å². The summed E-state index contributed by atoms with van der Waals surface area (Å²) in [6, 6.07) is 6.86. The summed E-state index contributed by atoms with van der Waals surface area (Å²) < 4.78 is 77.3. The Morgan fingerprint density at radius 3 is 1.46 bits per heavy atom. The van der Waals surface area contributed by atoms with Gasteiger partial charge < -0.3 is 20.9 Å². The van der Waals surface area contributed by atoms with Gasteiger partial charge in [-0.15, -0.1) is 26.3 Å².